The molecule has 32 heavy (non-hydrogen) atoms. The lowest BCUT2D eigenvalue weighted by Crippen LogP contribution is -2.25. The van der Waals surface area contributed by atoms with Gasteiger partial charge in [0.25, 0.3) is 5.91 Å². The van der Waals surface area contributed by atoms with Crippen LogP contribution in [0.5, 0.6) is 0 Å². The fourth-order valence-electron chi connectivity index (χ4n) is 3.27. The van der Waals surface area contributed by atoms with E-state index in [1.165, 1.54) is 22.8 Å². The Balaban J connectivity index is 1.47. The molecule has 1 N–H and O–H groups in total. The molecule has 3 aromatic rings. The van der Waals surface area contributed by atoms with E-state index in [1.807, 2.05) is 0 Å². The molecule has 0 bridgehead atoms. The highest BCUT2D eigenvalue weighted by molar-refractivity contribution is 6.02. The molecule has 164 valence electrons. The van der Waals surface area contributed by atoms with Gasteiger partial charge >= 0.3 is 0 Å². The van der Waals surface area contributed by atoms with E-state index in [1.54, 1.807) is 26.2 Å². The Morgan fingerprint density at radius 3 is 2.75 bits per heavy atom. The first-order valence-corrected chi connectivity index (χ1v) is 9.77. The number of aryl methyl sites for hydroxylation is 2. The van der Waals surface area contributed by atoms with Crippen molar-refractivity contribution >= 4 is 11.6 Å². The molecular formula is C22H19F2N5O3. The number of amides is 1. The highest BCUT2D eigenvalue weighted by Crippen LogP contribution is 2.28. The Morgan fingerprint density at radius 1 is 1.19 bits per heavy atom. The fourth-order valence-corrected chi connectivity index (χ4v) is 3.27. The molecule has 1 aromatic carbocycles. The van der Waals surface area contributed by atoms with Gasteiger partial charge in [0, 0.05) is 37.8 Å². The number of pyridine rings is 1. The molecule has 0 unspecified atom stereocenters. The summed E-state index contributed by atoms with van der Waals surface area (Å²) in [5.41, 5.74) is 2.19. The third-order valence-corrected chi connectivity index (χ3v) is 4.95. The molecule has 1 aliphatic heterocycles. The van der Waals surface area contributed by atoms with Gasteiger partial charge in [-0.2, -0.15) is 0 Å². The zero-order valence-electron chi connectivity index (χ0n) is 17.3. The third kappa shape index (κ3) is 4.53. The van der Waals surface area contributed by atoms with Gasteiger partial charge in [-0.3, -0.25) is 9.59 Å². The minimum atomic E-state index is -0.982. The average molecular weight is 439 g/mol. The van der Waals surface area contributed by atoms with Crippen LogP contribution in [0.25, 0.3) is 0 Å². The summed E-state index contributed by atoms with van der Waals surface area (Å²) < 4.78 is 27.9. The van der Waals surface area contributed by atoms with Gasteiger partial charge in [0.15, 0.2) is 17.7 Å². The molecule has 0 fully saturated rings. The summed E-state index contributed by atoms with van der Waals surface area (Å²) in [6, 6.07) is 8.06. The Hall–Kier alpha value is -3.95. The first-order chi connectivity index (χ1) is 15.3. The SMILES string of the molecule is Cc1nc(C(=O)NCc2ccc(F)c(F)c2)cc(C2=NO[C@@H](c3ccc(=O)n(C)c3)C2)n1. The van der Waals surface area contributed by atoms with Crippen LogP contribution in [-0.2, 0) is 18.4 Å². The topological polar surface area (TPSA) is 98.5 Å². The van der Waals surface area contributed by atoms with Crippen molar-refractivity contribution in [1.29, 1.82) is 0 Å². The van der Waals surface area contributed by atoms with E-state index in [0.717, 1.165) is 17.7 Å². The second kappa shape index (κ2) is 8.66. The van der Waals surface area contributed by atoms with Crippen LogP contribution in [0, 0.1) is 18.6 Å². The average Bonchev–Trinajstić information content (AvgIpc) is 3.26. The maximum absolute atomic E-state index is 13.4. The van der Waals surface area contributed by atoms with Gasteiger partial charge in [0.1, 0.15) is 17.2 Å². The smallest absolute Gasteiger partial charge is 0.270 e. The van der Waals surface area contributed by atoms with Crippen molar-refractivity contribution in [2.75, 3.05) is 0 Å². The zero-order chi connectivity index (χ0) is 22.8. The molecule has 0 aliphatic carbocycles. The second-order valence-corrected chi connectivity index (χ2v) is 7.36. The van der Waals surface area contributed by atoms with Crippen molar-refractivity contribution in [2.45, 2.75) is 26.0 Å². The number of oxime groups is 1. The minimum Gasteiger partial charge on any atom is -0.387 e. The van der Waals surface area contributed by atoms with E-state index in [0.29, 0.717) is 29.2 Å². The molecule has 0 saturated heterocycles. The molecule has 2 aromatic heterocycles. The number of hydrogen-bond acceptors (Lipinski definition) is 6. The Morgan fingerprint density at radius 2 is 2.00 bits per heavy atom. The summed E-state index contributed by atoms with van der Waals surface area (Å²) in [7, 11) is 1.65. The third-order valence-electron chi connectivity index (χ3n) is 4.95. The molecule has 0 radical (unpaired) electrons. The van der Waals surface area contributed by atoms with E-state index in [2.05, 4.69) is 20.4 Å². The minimum absolute atomic E-state index is 0.00722. The summed E-state index contributed by atoms with van der Waals surface area (Å²) in [5.74, 6) is -2.06. The van der Waals surface area contributed by atoms with Gasteiger partial charge < -0.3 is 14.7 Å². The number of carbonyl (C=O) groups is 1. The van der Waals surface area contributed by atoms with E-state index in [4.69, 9.17) is 4.84 Å². The zero-order valence-corrected chi connectivity index (χ0v) is 17.3. The van der Waals surface area contributed by atoms with Gasteiger partial charge in [-0.15, -0.1) is 0 Å². The molecule has 1 aliphatic rings. The highest BCUT2D eigenvalue weighted by Gasteiger charge is 2.26. The highest BCUT2D eigenvalue weighted by atomic mass is 19.2. The van der Waals surface area contributed by atoms with Crippen molar-refractivity contribution in [3.8, 4) is 0 Å². The number of benzene rings is 1. The monoisotopic (exact) mass is 439 g/mol. The summed E-state index contributed by atoms with van der Waals surface area (Å²) in [6.45, 7) is 1.66. The molecule has 0 spiro atoms. The second-order valence-electron chi connectivity index (χ2n) is 7.36. The van der Waals surface area contributed by atoms with E-state index < -0.39 is 17.5 Å². The standard InChI is InChI=1S/C22H19F2N5O3/c1-12-26-17(18-9-20(32-28-18)14-4-6-21(30)29(2)11-14)8-19(27-12)22(31)25-10-13-3-5-15(23)16(24)7-13/h3-8,11,20H,9-10H2,1-2H3,(H,25,31)/t20-/m1/s1. The van der Waals surface area contributed by atoms with Crippen LogP contribution in [0.4, 0.5) is 8.78 Å². The van der Waals surface area contributed by atoms with Gasteiger partial charge in [-0.1, -0.05) is 11.2 Å². The number of nitrogens with one attached hydrogen (secondary N) is 1. The first-order valence-electron chi connectivity index (χ1n) is 9.77. The maximum Gasteiger partial charge on any atom is 0.270 e. The summed E-state index contributed by atoms with van der Waals surface area (Å²) >= 11 is 0. The fraction of sp³-hybridized carbons (Fsp3) is 0.227. The normalized spacial score (nSPS) is 15.2. The number of halogens is 2. The predicted octanol–water partition coefficient (Wildman–Crippen LogP) is 2.56. The molecule has 0 saturated carbocycles. The summed E-state index contributed by atoms with van der Waals surface area (Å²) in [5, 5.41) is 6.73. The van der Waals surface area contributed by atoms with Crippen LogP contribution in [0.1, 0.15) is 45.7 Å². The van der Waals surface area contributed by atoms with E-state index >= 15 is 0 Å². The lowest BCUT2D eigenvalue weighted by molar-refractivity contribution is 0.0852. The quantitative estimate of drug-likeness (QED) is 0.659. The summed E-state index contributed by atoms with van der Waals surface area (Å²) in [4.78, 5) is 38.2. The molecule has 1 amide bonds. The molecule has 8 nitrogen and oxygen atoms in total. The molecule has 1 atom stereocenters. The van der Waals surface area contributed by atoms with Gasteiger partial charge in [0.2, 0.25) is 5.56 Å². The number of hydrogen-bond donors (Lipinski definition) is 1. The number of carbonyl (C=O) groups excluding carboxylic acids is 1. The molecular weight excluding hydrogens is 420 g/mol. The number of rotatable bonds is 5. The van der Waals surface area contributed by atoms with Gasteiger partial charge in [-0.25, -0.2) is 18.7 Å². The van der Waals surface area contributed by atoms with E-state index in [9.17, 15) is 18.4 Å². The molecule has 10 heteroatoms. The lowest BCUT2D eigenvalue weighted by Gasteiger charge is -2.09. The lowest BCUT2D eigenvalue weighted by atomic mass is 10.0. The Kier molecular flexibility index (Phi) is 5.76. The van der Waals surface area contributed by atoms with Crippen LogP contribution < -0.4 is 10.9 Å². The predicted molar refractivity (Wildman–Crippen MR) is 111 cm³/mol. The van der Waals surface area contributed by atoms with Crippen molar-refractivity contribution < 1.29 is 18.4 Å². The van der Waals surface area contributed by atoms with Crippen molar-refractivity contribution in [1.82, 2.24) is 19.9 Å². The van der Waals surface area contributed by atoms with Crippen LogP contribution in [-0.4, -0.2) is 26.2 Å². The van der Waals surface area contributed by atoms with Crippen LogP contribution in [0.3, 0.4) is 0 Å². The molecule has 4 rings (SSSR count). The Bertz CT molecular complexity index is 1290. The maximum atomic E-state index is 13.4. The van der Waals surface area contributed by atoms with Crippen molar-refractivity contribution in [3.05, 3.63) is 92.9 Å². The Labute approximate surface area is 181 Å². The van der Waals surface area contributed by atoms with Crippen LogP contribution in [0.2, 0.25) is 0 Å². The summed E-state index contributed by atoms with van der Waals surface area (Å²) in [6.07, 6.45) is 1.72. The van der Waals surface area contributed by atoms with Crippen molar-refractivity contribution in [3.63, 3.8) is 0 Å². The number of aromatic nitrogens is 3. The number of nitrogens with zero attached hydrogens (tertiary/aromatic N) is 4. The van der Waals surface area contributed by atoms with Gasteiger partial charge in [0.05, 0.1) is 5.69 Å². The van der Waals surface area contributed by atoms with Gasteiger partial charge in [-0.05, 0) is 36.8 Å². The van der Waals surface area contributed by atoms with Crippen LogP contribution in [0.15, 0.2) is 52.5 Å². The first kappa shape index (κ1) is 21.3. The van der Waals surface area contributed by atoms with Crippen LogP contribution >= 0.6 is 0 Å². The van der Waals surface area contributed by atoms with Crippen molar-refractivity contribution in [2.24, 2.45) is 12.2 Å². The van der Waals surface area contributed by atoms with E-state index in [-0.39, 0.29) is 23.9 Å². The largest absolute Gasteiger partial charge is 0.387 e. The molecule has 3 heterocycles.